The van der Waals surface area contributed by atoms with E-state index in [1.54, 1.807) is 0 Å². The van der Waals surface area contributed by atoms with Gasteiger partial charge in [0.2, 0.25) is 11.7 Å². The van der Waals surface area contributed by atoms with Crippen molar-refractivity contribution in [3.05, 3.63) is 39.4 Å². The van der Waals surface area contributed by atoms with E-state index in [9.17, 15) is 0 Å². The van der Waals surface area contributed by atoms with Gasteiger partial charge in [0, 0.05) is 23.0 Å². The van der Waals surface area contributed by atoms with Gasteiger partial charge in [-0.25, -0.2) is 0 Å². The van der Waals surface area contributed by atoms with Crippen LogP contribution in [0.4, 0.5) is 0 Å². The van der Waals surface area contributed by atoms with Crippen molar-refractivity contribution < 1.29 is 9.26 Å². The van der Waals surface area contributed by atoms with Crippen LogP contribution in [0.5, 0.6) is 5.75 Å². The number of ether oxygens (including phenoxy) is 1. The molecule has 0 radical (unpaired) electrons. The molecule has 2 aromatic rings. The molecule has 0 saturated heterocycles. The van der Waals surface area contributed by atoms with Crippen LogP contribution in [0.1, 0.15) is 36.2 Å². The standard InChI is InChI=1S/C15H20BrN3O2/c1-4-5-14-18-13(19-21-14)9-20-15-10(2)6-12(16)7-11(15)8-17-3/h6-7,17H,4-5,8-9H2,1-3H3. The first-order valence-electron chi connectivity index (χ1n) is 7.02. The number of benzene rings is 1. The van der Waals surface area contributed by atoms with Crippen molar-refractivity contribution in [1.29, 1.82) is 0 Å². The number of hydrogen-bond acceptors (Lipinski definition) is 5. The second-order valence-corrected chi connectivity index (χ2v) is 5.80. The fraction of sp³-hybridized carbons (Fsp3) is 0.467. The van der Waals surface area contributed by atoms with Crippen molar-refractivity contribution in [2.45, 2.75) is 39.8 Å². The first-order chi connectivity index (χ1) is 10.1. The lowest BCUT2D eigenvalue weighted by atomic mass is 10.1. The fourth-order valence-electron chi connectivity index (χ4n) is 2.13. The minimum atomic E-state index is 0.312. The predicted molar refractivity (Wildman–Crippen MR) is 84.3 cm³/mol. The number of hydrogen-bond donors (Lipinski definition) is 1. The third-order valence-corrected chi connectivity index (χ3v) is 3.46. The Labute approximate surface area is 133 Å². The Hall–Kier alpha value is -1.40. The molecule has 21 heavy (non-hydrogen) atoms. The number of aryl methyl sites for hydroxylation is 2. The highest BCUT2D eigenvalue weighted by Gasteiger charge is 2.11. The molecule has 1 aromatic carbocycles. The maximum atomic E-state index is 5.91. The van der Waals surface area contributed by atoms with Crippen LogP contribution in [0.15, 0.2) is 21.1 Å². The van der Waals surface area contributed by atoms with Crippen LogP contribution in [0, 0.1) is 6.92 Å². The summed E-state index contributed by atoms with van der Waals surface area (Å²) in [6.45, 7) is 5.16. The molecule has 0 atom stereocenters. The zero-order valence-electron chi connectivity index (χ0n) is 12.6. The monoisotopic (exact) mass is 353 g/mol. The molecule has 1 heterocycles. The van der Waals surface area contributed by atoms with E-state index in [2.05, 4.69) is 44.4 Å². The van der Waals surface area contributed by atoms with E-state index in [4.69, 9.17) is 9.26 Å². The lowest BCUT2D eigenvalue weighted by molar-refractivity contribution is 0.280. The van der Waals surface area contributed by atoms with Crippen LogP contribution in [-0.2, 0) is 19.6 Å². The Morgan fingerprint density at radius 2 is 2.19 bits per heavy atom. The quantitative estimate of drug-likeness (QED) is 0.826. The normalized spacial score (nSPS) is 10.9. The summed E-state index contributed by atoms with van der Waals surface area (Å²) in [5.41, 5.74) is 2.17. The molecule has 2 rings (SSSR count). The number of aromatic nitrogens is 2. The highest BCUT2D eigenvalue weighted by molar-refractivity contribution is 9.10. The summed E-state index contributed by atoms with van der Waals surface area (Å²) in [7, 11) is 1.91. The van der Waals surface area contributed by atoms with E-state index < -0.39 is 0 Å². The fourth-order valence-corrected chi connectivity index (χ4v) is 2.75. The topological polar surface area (TPSA) is 60.2 Å². The summed E-state index contributed by atoms with van der Waals surface area (Å²) in [6.07, 6.45) is 1.79. The molecule has 0 spiro atoms. The van der Waals surface area contributed by atoms with Crippen LogP contribution in [0.2, 0.25) is 0 Å². The average Bonchev–Trinajstić information content (AvgIpc) is 2.86. The maximum absolute atomic E-state index is 5.91. The summed E-state index contributed by atoms with van der Waals surface area (Å²) in [6, 6.07) is 4.09. The van der Waals surface area contributed by atoms with E-state index in [1.165, 1.54) is 0 Å². The highest BCUT2D eigenvalue weighted by atomic mass is 79.9. The smallest absolute Gasteiger partial charge is 0.226 e. The van der Waals surface area contributed by atoms with E-state index in [1.807, 2.05) is 20.0 Å². The lowest BCUT2D eigenvalue weighted by Crippen LogP contribution is -2.09. The lowest BCUT2D eigenvalue weighted by Gasteiger charge is -2.13. The first kappa shape index (κ1) is 16.0. The molecule has 0 aliphatic rings. The second-order valence-electron chi connectivity index (χ2n) is 4.88. The van der Waals surface area contributed by atoms with Crippen LogP contribution >= 0.6 is 15.9 Å². The molecular weight excluding hydrogens is 334 g/mol. The Morgan fingerprint density at radius 1 is 1.38 bits per heavy atom. The molecule has 0 bridgehead atoms. The van der Waals surface area contributed by atoms with Crippen molar-refractivity contribution in [3.8, 4) is 5.75 Å². The van der Waals surface area contributed by atoms with Gasteiger partial charge in [0.25, 0.3) is 0 Å². The van der Waals surface area contributed by atoms with Gasteiger partial charge in [0.15, 0.2) is 6.61 Å². The summed E-state index contributed by atoms with van der Waals surface area (Å²) < 4.78 is 12.1. The minimum absolute atomic E-state index is 0.312. The van der Waals surface area contributed by atoms with Gasteiger partial charge in [-0.3, -0.25) is 0 Å². The Bertz CT molecular complexity index is 599. The van der Waals surface area contributed by atoms with Crippen molar-refractivity contribution in [2.24, 2.45) is 0 Å². The van der Waals surface area contributed by atoms with Crippen LogP contribution in [0.3, 0.4) is 0 Å². The predicted octanol–water partition coefficient (Wildman–Crippen LogP) is 3.39. The summed E-state index contributed by atoms with van der Waals surface area (Å²) in [5.74, 6) is 2.12. The van der Waals surface area contributed by atoms with Gasteiger partial charge in [-0.15, -0.1) is 0 Å². The zero-order chi connectivity index (χ0) is 15.2. The minimum Gasteiger partial charge on any atom is -0.485 e. The zero-order valence-corrected chi connectivity index (χ0v) is 14.2. The highest BCUT2D eigenvalue weighted by Crippen LogP contribution is 2.28. The molecule has 0 saturated carbocycles. The molecule has 0 amide bonds. The Balaban J connectivity index is 2.11. The molecule has 6 heteroatoms. The van der Waals surface area contributed by atoms with Crippen LogP contribution < -0.4 is 10.1 Å². The van der Waals surface area contributed by atoms with Crippen molar-refractivity contribution in [2.75, 3.05) is 7.05 Å². The molecule has 1 N–H and O–H groups in total. The van der Waals surface area contributed by atoms with Crippen molar-refractivity contribution >= 4 is 15.9 Å². The average molecular weight is 354 g/mol. The summed E-state index contributed by atoms with van der Waals surface area (Å²) in [5, 5.41) is 7.08. The molecule has 0 fully saturated rings. The molecule has 5 nitrogen and oxygen atoms in total. The van der Waals surface area contributed by atoms with E-state index in [0.29, 0.717) is 18.3 Å². The van der Waals surface area contributed by atoms with Crippen LogP contribution in [0.25, 0.3) is 0 Å². The third-order valence-electron chi connectivity index (χ3n) is 3.00. The molecular formula is C15H20BrN3O2. The molecule has 1 aromatic heterocycles. The maximum Gasteiger partial charge on any atom is 0.226 e. The Morgan fingerprint density at radius 3 is 2.90 bits per heavy atom. The van der Waals surface area contributed by atoms with E-state index in [0.717, 1.165) is 40.7 Å². The van der Waals surface area contributed by atoms with Gasteiger partial charge in [-0.2, -0.15) is 4.98 Å². The van der Waals surface area contributed by atoms with E-state index in [-0.39, 0.29) is 0 Å². The van der Waals surface area contributed by atoms with Gasteiger partial charge < -0.3 is 14.6 Å². The molecule has 0 unspecified atom stereocenters. The van der Waals surface area contributed by atoms with Gasteiger partial charge in [0.05, 0.1) is 0 Å². The SMILES string of the molecule is CCCc1nc(COc2c(C)cc(Br)cc2CNC)no1. The molecule has 0 aliphatic heterocycles. The number of rotatable bonds is 7. The molecule has 0 aliphatic carbocycles. The molecule has 114 valence electrons. The van der Waals surface area contributed by atoms with Gasteiger partial charge in [-0.1, -0.05) is 28.0 Å². The van der Waals surface area contributed by atoms with E-state index >= 15 is 0 Å². The van der Waals surface area contributed by atoms with Crippen LogP contribution in [-0.4, -0.2) is 17.2 Å². The van der Waals surface area contributed by atoms with Crippen molar-refractivity contribution in [1.82, 2.24) is 15.5 Å². The number of nitrogens with one attached hydrogen (secondary N) is 1. The second kappa shape index (κ2) is 7.56. The first-order valence-corrected chi connectivity index (χ1v) is 7.81. The largest absolute Gasteiger partial charge is 0.485 e. The summed E-state index contributed by atoms with van der Waals surface area (Å²) >= 11 is 3.51. The van der Waals surface area contributed by atoms with Crippen molar-refractivity contribution in [3.63, 3.8) is 0 Å². The Kier molecular flexibility index (Phi) is 5.76. The van der Waals surface area contributed by atoms with Gasteiger partial charge in [-0.05, 0) is 38.1 Å². The summed E-state index contributed by atoms with van der Waals surface area (Å²) in [4.78, 5) is 4.31. The number of nitrogens with zero attached hydrogens (tertiary/aromatic N) is 2. The number of halogens is 1. The van der Waals surface area contributed by atoms with Gasteiger partial charge >= 0.3 is 0 Å². The third kappa shape index (κ3) is 4.28. The van der Waals surface area contributed by atoms with Gasteiger partial charge in [0.1, 0.15) is 5.75 Å².